The monoisotopic (exact) mass is 265 g/mol. The fraction of sp³-hybridized carbons (Fsp3) is 0.583. The number of rotatable bonds is 5. The van der Waals surface area contributed by atoms with Gasteiger partial charge in [-0.3, -0.25) is 9.78 Å². The highest BCUT2D eigenvalue weighted by Gasteiger charge is 2.05. The maximum Gasteiger partial charge on any atom is 0.195 e. The Balaban J connectivity index is 1.98. The molecule has 0 aromatic carbocycles. The third-order valence-corrected chi connectivity index (χ3v) is 3.32. The van der Waals surface area contributed by atoms with Gasteiger partial charge in [0.2, 0.25) is 0 Å². The summed E-state index contributed by atoms with van der Waals surface area (Å²) in [7, 11) is 0. The second-order valence-electron chi connectivity index (χ2n) is 4.45. The van der Waals surface area contributed by atoms with Crippen molar-refractivity contribution in [2.75, 3.05) is 0 Å². The van der Waals surface area contributed by atoms with E-state index in [2.05, 4.69) is 39.8 Å². The lowest BCUT2D eigenvalue weighted by atomic mass is 10.3. The summed E-state index contributed by atoms with van der Waals surface area (Å²) in [5.74, 6) is 1.02. The van der Waals surface area contributed by atoms with Crippen molar-refractivity contribution in [1.29, 1.82) is 0 Å². The van der Waals surface area contributed by atoms with Crippen LogP contribution in [0, 0.1) is 18.6 Å². The normalized spacial score (nSPS) is 11.1. The number of nitrogens with one attached hydrogen (secondary N) is 1. The number of aromatic amines is 1. The molecule has 0 saturated carbocycles. The Morgan fingerprint density at radius 2 is 2.11 bits per heavy atom. The molecule has 0 aliphatic rings. The van der Waals surface area contributed by atoms with Crippen LogP contribution >= 0.6 is 12.2 Å². The van der Waals surface area contributed by atoms with Crippen molar-refractivity contribution in [3.8, 4) is 0 Å². The highest BCUT2D eigenvalue weighted by Crippen LogP contribution is 2.05. The van der Waals surface area contributed by atoms with E-state index >= 15 is 0 Å². The first-order valence-corrected chi connectivity index (χ1v) is 6.67. The summed E-state index contributed by atoms with van der Waals surface area (Å²) < 4.78 is 4.83. The number of aryl methyl sites for hydroxylation is 4. The van der Waals surface area contributed by atoms with E-state index in [1.165, 1.54) is 5.69 Å². The van der Waals surface area contributed by atoms with Crippen LogP contribution < -0.4 is 0 Å². The van der Waals surface area contributed by atoms with E-state index < -0.39 is 0 Å². The van der Waals surface area contributed by atoms with Crippen LogP contribution in [-0.2, 0) is 19.5 Å². The SMILES string of the molecule is CCc1n[nH]c(=S)n1CCCn1nc(C)cc1C. The van der Waals surface area contributed by atoms with Crippen LogP contribution in [0.3, 0.4) is 0 Å². The molecule has 5 nitrogen and oxygen atoms in total. The van der Waals surface area contributed by atoms with Crippen molar-refractivity contribution < 1.29 is 0 Å². The summed E-state index contributed by atoms with van der Waals surface area (Å²) in [6.45, 7) is 7.99. The topological polar surface area (TPSA) is 51.4 Å². The van der Waals surface area contributed by atoms with Crippen molar-refractivity contribution in [3.63, 3.8) is 0 Å². The predicted molar refractivity (Wildman–Crippen MR) is 73.1 cm³/mol. The number of H-pyrrole nitrogens is 1. The minimum Gasteiger partial charge on any atom is -0.304 e. The highest BCUT2D eigenvalue weighted by atomic mass is 32.1. The summed E-state index contributed by atoms with van der Waals surface area (Å²) >= 11 is 5.22. The molecule has 2 heterocycles. The molecule has 6 heteroatoms. The molecule has 2 aromatic heterocycles. The van der Waals surface area contributed by atoms with Crippen LogP contribution in [0.15, 0.2) is 6.07 Å². The van der Waals surface area contributed by atoms with Gasteiger partial charge in [-0.05, 0) is 38.6 Å². The Hall–Kier alpha value is -1.43. The van der Waals surface area contributed by atoms with E-state index in [4.69, 9.17) is 12.2 Å². The van der Waals surface area contributed by atoms with Gasteiger partial charge in [0, 0.05) is 25.2 Å². The molecule has 0 aliphatic heterocycles. The summed E-state index contributed by atoms with van der Waals surface area (Å²) in [5.41, 5.74) is 2.28. The summed E-state index contributed by atoms with van der Waals surface area (Å²) in [6.07, 6.45) is 1.90. The predicted octanol–water partition coefficient (Wildman–Crippen LogP) is 2.41. The van der Waals surface area contributed by atoms with Crippen LogP contribution in [0.5, 0.6) is 0 Å². The largest absolute Gasteiger partial charge is 0.304 e. The second kappa shape index (κ2) is 5.48. The number of aromatic nitrogens is 5. The zero-order valence-electron chi connectivity index (χ0n) is 11.1. The van der Waals surface area contributed by atoms with E-state index in [1.54, 1.807) is 0 Å². The molecular weight excluding hydrogens is 246 g/mol. The number of hydrogen-bond donors (Lipinski definition) is 1. The first-order valence-electron chi connectivity index (χ1n) is 6.27. The Morgan fingerprint density at radius 3 is 2.72 bits per heavy atom. The minimum absolute atomic E-state index is 0.709. The van der Waals surface area contributed by atoms with Gasteiger partial charge in [0.25, 0.3) is 0 Å². The van der Waals surface area contributed by atoms with E-state index in [9.17, 15) is 0 Å². The number of hydrogen-bond acceptors (Lipinski definition) is 3. The molecule has 18 heavy (non-hydrogen) atoms. The van der Waals surface area contributed by atoms with Gasteiger partial charge in [-0.1, -0.05) is 6.92 Å². The van der Waals surface area contributed by atoms with Gasteiger partial charge in [-0.15, -0.1) is 0 Å². The minimum atomic E-state index is 0.709. The van der Waals surface area contributed by atoms with Gasteiger partial charge < -0.3 is 4.57 Å². The fourth-order valence-corrected chi connectivity index (χ4v) is 2.37. The van der Waals surface area contributed by atoms with E-state index in [-0.39, 0.29) is 0 Å². The average molecular weight is 265 g/mol. The van der Waals surface area contributed by atoms with E-state index in [1.807, 2.05) is 11.6 Å². The molecule has 0 radical (unpaired) electrons. The molecule has 0 saturated heterocycles. The molecule has 0 unspecified atom stereocenters. The smallest absolute Gasteiger partial charge is 0.195 e. The molecule has 2 aromatic rings. The second-order valence-corrected chi connectivity index (χ2v) is 4.84. The van der Waals surface area contributed by atoms with Gasteiger partial charge in [-0.25, -0.2) is 0 Å². The van der Waals surface area contributed by atoms with Gasteiger partial charge in [0.05, 0.1) is 5.69 Å². The van der Waals surface area contributed by atoms with Crippen molar-refractivity contribution >= 4 is 12.2 Å². The van der Waals surface area contributed by atoms with Crippen LogP contribution in [0.2, 0.25) is 0 Å². The molecule has 98 valence electrons. The first-order chi connectivity index (χ1) is 8.61. The molecular formula is C12H19N5S. The summed E-state index contributed by atoms with van der Waals surface area (Å²) in [4.78, 5) is 0. The summed E-state index contributed by atoms with van der Waals surface area (Å²) in [5, 5.41) is 11.5. The lowest BCUT2D eigenvalue weighted by Gasteiger charge is -2.07. The summed E-state index contributed by atoms with van der Waals surface area (Å²) in [6, 6.07) is 2.10. The zero-order valence-corrected chi connectivity index (χ0v) is 11.9. The van der Waals surface area contributed by atoms with Crippen molar-refractivity contribution in [1.82, 2.24) is 24.5 Å². The molecule has 0 atom stereocenters. The molecule has 2 rings (SSSR count). The van der Waals surface area contributed by atoms with Gasteiger partial charge >= 0.3 is 0 Å². The third kappa shape index (κ3) is 2.69. The molecule has 0 aliphatic carbocycles. The lowest BCUT2D eigenvalue weighted by Crippen LogP contribution is -2.09. The number of nitrogens with zero attached hydrogens (tertiary/aromatic N) is 4. The van der Waals surface area contributed by atoms with Crippen LogP contribution in [0.25, 0.3) is 0 Å². The maximum atomic E-state index is 5.22. The molecule has 0 spiro atoms. The average Bonchev–Trinajstić information content (AvgIpc) is 2.83. The maximum absolute atomic E-state index is 5.22. The first kappa shape index (κ1) is 13.0. The zero-order chi connectivity index (χ0) is 13.1. The molecule has 0 bridgehead atoms. The van der Waals surface area contributed by atoms with E-state index in [0.717, 1.165) is 37.4 Å². The van der Waals surface area contributed by atoms with Crippen LogP contribution in [0.1, 0.15) is 30.6 Å². The van der Waals surface area contributed by atoms with Gasteiger partial charge in [0.15, 0.2) is 4.77 Å². The van der Waals surface area contributed by atoms with Crippen molar-refractivity contribution in [2.45, 2.75) is 46.7 Å². The van der Waals surface area contributed by atoms with Crippen LogP contribution in [0.4, 0.5) is 0 Å². The van der Waals surface area contributed by atoms with Gasteiger partial charge in [0.1, 0.15) is 5.82 Å². The van der Waals surface area contributed by atoms with Crippen molar-refractivity contribution in [3.05, 3.63) is 28.0 Å². The Labute approximate surface area is 112 Å². The quantitative estimate of drug-likeness (QED) is 0.845. The molecule has 0 fully saturated rings. The van der Waals surface area contributed by atoms with Crippen molar-refractivity contribution in [2.24, 2.45) is 0 Å². The highest BCUT2D eigenvalue weighted by molar-refractivity contribution is 7.71. The third-order valence-electron chi connectivity index (χ3n) is 3.01. The van der Waals surface area contributed by atoms with Gasteiger partial charge in [-0.2, -0.15) is 10.2 Å². The standard InChI is InChI=1S/C12H19N5S/c1-4-11-13-14-12(18)16(11)6-5-7-17-10(3)8-9(2)15-17/h8H,4-7H2,1-3H3,(H,14,18). The Bertz CT molecular complexity index is 578. The lowest BCUT2D eigenvalue weighted by molar-refractivity contribution is 0.506. The fourth-order valence-electron chi connectivity index (χ4n) is 2.13. The Kier molecular flexibility index (Phi) is 3.96. The molecule has 0 amide bonds. The Morgan fingerprint density at radius 1 is 1.33 bits per heavy atom. The molecule has 1 N–H and O–H groups in total. The van der Waals surface area contributed by atoms with Crippen LogP contribution in [-0.4, -0.2) is 24.5 Å². The van der Waals surface area contributed by atoms with E-state index in [0.29, 0.717) is 4.77 Å².